The number of nitrogens with zero attached hydrogens (tertiary/aromatic N) is 1. The summed E-state index contributed by atoms with van der Waals surface area (Å²) in [6.45, 7) is 12.9. The zero-order valence-electron chi connectivity index (χ0n) is 13.2. The van der Waals surface area contributed by atoms with Crippen LogP contribution in [0.1, 0.15) is 46.4 Å². The first-order valence-corrected chi connectivity index (χ1v) is 7.53. The van der Waals surface area contributed by atoms with Gasteiger partial charge in [0.2, 0.25) is 0 Å². The van der Waals surface area contributed by atoms with Gasteiger partial charge in [-0.2, -0.15) is 0 Å². The number of carbonyl (C=O) groups excluding carboxylic acids is 1. The van der Waals surface area contributed by atoms with Crippen LogP contribution in [0, 0.1) is 5.41 Å². The highest BCUT2D eigenvalue weighted by molar-refractivity contribution is 7.09. The maximum atomic E-state index is 11.5. The van der Waals surface area contributed by atoms with Gasteiger partial charge < -0.3 is 14.6 Å². The van der Waals surface area contributed by atoms with Crippen LogP contribution in [0.4, 0.5) is 4.79 Å². The molecule has 0 atom stereocenters. The van der Waals surface area contributed by atoms with Crippen LogP contribution in [-0.2, 0) is 16.7 Å². The van der Waals surface area contributed by atoms with E-state index < -0.39 is 11.7 Å². The largest absolute Gasteiger partial charge is 0.444 e. The second-order valence-electron chi connectivity index (χ2n) is 6.77. The van der Waals surface area contributed by atoms with Gasteiger partial charge >= 0.3 is 6.09 Å². The van der Waals surface area contributed by atoms with Crippen LogP contribution in [0.15, 0.2) is 6.20 Å². The second-order valence-corrected chi connectivity index (χ2v) is 7.80. The van der Waals surface area contributed by atoms with E-state index in [1.165, 1.54) is 16.2 Å². The van der Waals surface area contributed by atoms with E-state index in [4.69, 9.17) is 10.1 Å². The van der Waals surface area contributed by atoms with E-state index in [9.17, 15) is 4.79 Å². The minimum Gasteiger partial charge on any atom is -0.444 e. The summed E-state index contributed by atoms with van der Waals surface area (Å²) in [5.74, 6) is 0. The number of rotatable bonds is 3. The van der Waals surface area contributed by atoms with Crippen molar-refractivity contribution in [2.45, 2.75) is 59.1 Å². The van der Waals surface area contributed by atoms with Crippen molar-refractivity contribution in [3.05, 3.63) is 15.9 Å². The lowest BCUT2D eigenvalue weighted by molar-refractivity contribution is 0.0526. The van der Waals surface area contributed by atoms with E-state index in [1.807, 2.05) is 31.5 Å². The molecule has 20 heavy (non-hydrogen) atoms. The summed E-state index contributed by atoms with van der Waals surface area (Å²) in [6.07, 6.45) is 1.57. The number of nitrogens with one attached hydrogen (secondary N) is 2. The van der Waals surface area contributed by atoms with Crippen molar-refractivity contribution >= 4 is 17.4 Å². The van der Waals surface area contributed by atoms with Gasteiger partial charge in [-0.1, -0.05) is 20.8 Å². The normalized spacial score (nSPS) is 12.3. The first kappa shape index (κ1) is 16.8. The van der Waals surface area contributed by atoms with Crippen LogP contribution in [0.3, 0.4) is 0 Å². The Hall–Kier alpha value is -1.30. The van der Waals surface area contributed by atoms with Crippen molar-refractivity contribution in [1.29, 1.82) is 5.41 Å². The van der Waals surface area contributed by atoms with Crippen LogP contribution < -0.4 is 10.1 Å². The summed E-state index contributed by atoms with van der Waals surface area (Å²) < 4.78 is 7.01. The lowest BCUT2D eigenvalue weighted by Crippen LogP contribution is -2.34. The van der Waals surface area contributed by atoms with E-state index in [0.717, 1.165) is 0 Å². The van der Waals surface area contributed by atoms with Gasteiger partial charge in [-0.25, -0.2) is 4.79 Å². The molecule has 5 nitrogen and oxygen atoms in total. The quantitative estimate of drug-likeness (QED) is 0.901. The molecule has 0 saturated carbocycles. The van der Waals surface area contributed by atoms with Crippen LogP contribution >= 0.6 is 11.3 Å². The summed E-state index contributed by atoms with van der Waals surface area (Å²) in [6, 6.07) is 0. The number of hydrogen-bond donors (Lipinski definition) is 2. The fraction of sp³-hybridized carbons (Fsp3) is 0.714. The molecule has 2 N–H and O–H groups in total. The van der Waals surface area contributed by atoms with Crippen LogP contribution in [0.5, 0.6) is 0 Å². The molecule has 1 aromatic rings. The molecule has 0 aliphatic carbocycles. The maximum absolute atomic E-state index is 11.5. The molecule has 6 heteroatoms. The molecule has 1 rings (SSSR count). The summed E-state index contributed by atoms with van der Waals surface area (Å²) in [5, 5.41) is 10.6. The van der Waals surface area contributed by atoms with Gasteiger partial charge in [-0.05, 0) is 26.2 Å². The van der Waals surface area contributed by atoms with Gasteiger partial charge in [0.25, 0.3) is 0 Å². The highest BCUT2D eigenvalue weighted by Gasteiger charge is 2.18. The van der Waals surface area contributed by atoms with Crippen LogP contribution in [0.25, 0.3) is 0 Å². The highest BCUT2D eigenvalue weighted by atomic mass is 32.1. The molecule has 1 aromatic heterocycles. The van der Waals surface area contributed by atoms with E-state index in [1.54, 1.807) is 0 Å². The Morgan fingerprint density at radius 3 is 2.40 bits per heavy atom. The van der Waals surface area contributed by atoms with Gasteiger partial charge in [0, 0.05) is 24.2 Å². The SMILES string of the molecule is CC(C)(C)OC(=O)NCCn1cc(C(C)(C)C)sc1=N. The summed E-state index contributed by atoms with van der Waals surface area (Å²) in [7, 11) is 0. The van der Waals surface area contributed by atoms with E-state index in [2.05, 4.69) is 26.1 Å². The van der Waals surface area contributed by atoms with E-state index in [0.29, 0.717) is 17.9 Å². The number of carbonyl (C=O) groups is 1. The topological polar surface area (TPSA) is 67.1 Å². The monoisotopic (exact) mass is 299 g/mol. The number of ether oxygens (including phenoxy) is 1. The summed E-state index contributed by atoms with van der Waals surface area (Å²) in [5.41, 5.74) is -0.441. The smallest absolute Gasteiger partial charge is 0.407 e. The molecule has 0 aromatic carbocycles. The lowest BCUT2D eigenvalue weighted by Gasteiger charge is -2.19. The maximum Gasteiger partial charge on any atom is 0.407 e. The van der Waals surface area contributed by atoms with Gasteiger partial charge in [0.05, 0.1) is 0 Å². The average Bonchev–Trinajstić information content (AvgIpc) is 2.57. The zero-order chi connectivity index (χ0) is 15.6. The first-order chi connectivity index (χ1) is 8.99. The number of thiazole rings is 1. The van der Waals surface area contributed by atoms with Crippen molar-refractivity contribution in [2.24, 2.45) is 0 Å². The van der Waals surface area contributed by atoms with E-state index in [-0.39, 0.29) is 5.41 Å². The fourth-order valence-electron chi connectivity index (χ4n) is 1.49. The van der Waals surface area contributed by atoms with Crippen LogP contribution in [-0.4, -0.2) is 22.8 Å². The fourth-order valence-corrected chi connectivity index (χ4v) is 2.45. The van der Waals surface area contributed by atoms with Crippen molar-refractivity contribution in [1.82, 2.24) is 9.88 Å². The number of aromatic nitrogens is 1. The molecule has 1 amide bonds. The molecule has 1 heterocycles. The predicted molar refractivity (Wildman–Crippen MR) is 81.1 cm³/mol. The Balaban J connectivity index is 2.53. The minimum atomic E-state index is -0.487. The zero-order valence-corrected chi connectivity index (χ0v) is 14.0. The van der Waals surface area contributed by atoms with E-state index >= 15 is 0 Å². The summed E-state index contributed by atoms with van der Waals surface area (Å²) in [4.78, 5) is 13.2. The Kier molecular flexibility index (Phi) is 5.02. The van der Waals surface area contributed by atoms with Gasteiger partial charge in [0.15, 0.2) is 4.80 Å². The van der Waals surface area contributed by atoms with Gasteiger partial charge in [0.1, 0.15) is 5.60 Å². The third-order valence-electron chi connectivity index (χ3n) is 2.50. The molecule has 114 valence electrons. The standard InChI is InChI=1S/C14H25N3O2S/c1-13(2,3)10-9-17(11(15)20-10)8-7-16-12(18)19-14(4,5)6/h9,15H,7-8H2,1-6H3,(H,16,18). The molecular formula is C14H25N3O2S. The van der Waals surface area contributed by atoms with Gasteiger partial charge in [-0.3, -0.25) is 5.41 Å². The van der Waals surface area contributed by atoms with Crippen molar-refractivity contribution < 1.29 is 9.53 Å². The Bertz CT molecular complexity index is 518. The minimum absolute atomic E-state index is 0.0459. The third kappa shape index (κ3) is 5.36. The molecule has 0 spiro atoms. The third-order valence-corrected chi connectivity index (χ3v) is 3.87. The molecule has 0 aliphatic heterocycles. The Morgan fingerprint density at radius 2 is 1.95 bits per heavy atom. The van der Waals surface area contributed by atoms with Crippen molar-refractivity contribution in [3.8, 4) is 0 Å². The Labute approximate surface area is 124 Å². The molecule has 0 bridgehead atoms. The highest BCUT2D eigenvalue weighted by Crippen LogP contribution is 2.23. The van der Waals surface area contributed by atoms with Crippen molar-refractivity contribution in [2.75, 3.05) is 6.54 Å². The van der Waals surface area contributed by atoms with Gasteiger partial charge in [-0.15, -0.1) is 11.3 Å². The predicted octanol–water partition coefficient (Wildman–Crippen LogP) is 2.85. The molecule has 0 aliphatic rings. The first-order valence-electron chi connectivity index (χ1n) is 6.71. The molecule has 0 saturated heterocycles. The lowest BCUT2D eigenvalue weighted by atomic mass is 9.95. The summed E-state index contributed by atoms with van der Waals surface area (Å²) >= 11 is 1.48. The molecule has 0 fully saturated rings. The number of alkyl carbamates (subject to hydrolysis) is 1. The van der Waals surface area contributed by atoms with Crippen LogP contribution in [0.2, 0.25) is 0 Å². The average molecular weight is 299 g/mol. The molecule has 0 radical (unpaired) electrons. The Morgan fingerprint density at radius 1 is 1.35 bits per heavy atom. The second kappa shape index (κ2) is 5.99. The number of hydrogen-bond acceptors (Lipinski definition) is 4. The molecule has 0 unspecified atom stereocenters. The molecular weight excluding hydrogens is 274 g/mol. The van der Waals surface area contributed by atoms with Crippen molar-refractivity contribution in [3.63, 3.8) is 0 Å². The number of amides is 1.